The highest BCUT2D eigenvalue weighted by molar-refractivity contribution is 6.08. The van der Waals surface area contributed by atoms with Crippen molar-refractivity contribution < 1.29 is 22.6 Å². The Morgan fingerprint density at radius 2 is 1.50 bits per heavy atom. The maximum Gasteiger partial charge on any atom is 0.183 e. The lowest BCUT2D eigenvalue weighted by Gasteiger charge is -2.28. The summed E-state index contributed by atoms with van der Waals surface area (Å²) in [6, 6.07) is 14.4. The molecule has 4 rings (SSSR count). The minimum absolute atomic E-state index is 0.0788. The number of hydrogen-bond acceptors (Lipinski definition) is 2. The molecular weight excluding hydrogens is 412 g/mol. The average molecular weight is 434 g/mol. The van der Waals surface area contributed by atoms with E-state index in [0.717, 1.165) is 0 Å². The van der Waals surface area contributed by atoms with E-state index in [4.69, 9.17) is 17.3 Å². The van der Waals surface area contributed by atoms with Crippen LogP contribution in [0, 0.1) is 23.4 Å². The molecule has 2 radical (unpaired) electrons. The summed E-state index contributed by atoms with van der Waals surface area (Å²) < 4.78 is 54.8. The van der Waals surface area contributed by atoms with Gasteiger partial charge in [-0.25, -0.2) is 13.2 Å². The summed E-state index contributed by atoms with van der Waals surface area (Å²) in [4.78, 5) is 0. The second kappa shape index (κ2) is 9.76. The van der Waals surface area contributed by atoms with Gasteiger partial charge in [0.05, 0.1) is 21.1 Å². The number of ether oxygens (including phenoxy) is 2. The summed E-state index contributed by atoms with van der Waals surface area (Å²) in [5.41, 5.74) is 2.37. The Bertz CT molecular complexity index is 1120. The van der Waals surface area contributed by atoms with Gasteiger partial charge < -0.3 is 9.47 Å². The SMILES string of the molecule is [B]Cc1ccc(-c2ccc(-c3ccc(C4OCC(/C=C/C)CO4)cc3F)cc2)c(F)c1F. The number of allylic oxidation sites excluding steroid dienone is 1. The minimum atomic E-state index is -0.945. The fourth-order valence-electron chi connectivity index (χ4n) is 3.81. The molecule has 0 amide bonds. The summed E-state index contributed by atoms with van der Waals surface area (Å²) >= 11 is 0. The molecule has 1 heterocycles. The van der Waals surface area contributed by atoms with Crippen molar-refractivity contribution in [1.29, 1.82) is 0 Å². The lowest BCUT2D eigenvalue weighted by atomic mass is 9.93. The standard InChI is InChI=1S/C26H22BF3O2/c1-2-3-16-14-31-26(32-15-16)19-8-10-21(23(28)12-19)17-4-6-18(7-5-17)22-11-9-20(13-27)24(29)25(22)30/h2-12,16,26H,13-15H2,1H3/b3-2+. The highest BCUT2D eigenvalue weighted by atomic mass is 19.2. The van der Waals surface area contributed by atoms with Crippen LogP contribution in [0.3, 0.4) is 0 Å². The third-order valence-electron chi connectivity index (χ3n) is 5.54. The molecule has 0 unspecified atom stereocenters. The quantitative estimate of drug-likeness (QED) is 0.345. The Hall–Kier alpha value is -2.83. The lowest BCUT2D eigenvalue weighted by Crippen LogP contribution is -2.25. The first-order valence-corrected chi connectivity index (χ1v) is 10.4. The topological polar surface area (TPSA) is 18.5 Å². The third kappa shape index (κ3) is 4.52. The van der Waals surface area contributed by atoms with Gasteiger partial charge in [-0.15, -0.1) is 0 Å². The molecule has 0 atom stereocenters. The largest absolute Gasteiger partial charge is 0.348 e. The molecule has 162 valence electrons. The van der Waals surface area contributed by atoms with Crippen LogP contribution >= 0.6 is 0 Å². The van der Waals surface area contributed by atoms with Gasteiger partial charge in [-0.05, 0) is 29.7 Å². The van der Waals surface area contributed by atoms with Gasteiger partial charge in [0, 0.05) is 22.6 Å². The average Bonchev–Trinajstić information content (AvgIpc) is 2.82. The van der Waals surface area contributed by atoms with Crippen LogP contribution in [0.2, 0.25) is 0 Å². The second-order valence-corrected chi connectivity index (χ2v) is 7.71. The summed E-state index contributed by atoms with van der Waals surface area (Å²) in [5.74, 6) is -2.11. The maximum atomic E-state index is 14.9. The first-order chi connectivity index (χ1) is 15.5. The van der Waals surface area contributed by atoms with Gasteiger partial charge in [-0.2, -0.15) is 0 Å². The highest BCUT2D eigenvalue weighted by Crippen LogP contribution is 2.32. The van der Waals surface area contributed by atoms with Crippen LogP contribution in [0.25, 0.3) is 22.3 Å². The van der Waals surface area contributed by atoms with Crippen molar-refractivity contribution in [2.75, 3.05) is 13.2 Å². The predicted octanol–water partition coefficient (Wildman–Crippen LogP) is 6.34. The molecule has 1 fully saturated rings. The van der Waals surface area contributed by atoms with Crippen molar-refractivity contribution in [3.8, 4) is 22.3 Å². The molecule has 1 aliphatic rings. The van der Waals surface area contributed by atoms with Crippen LogP contribution in [-0.4, -0.2) is 21.1 Å². The zero-order valence-corrected chi connectivity index (χ0v) is 17.7. The molecular formula is C26H22BF3O2. The first-order valence-electron chi connectivity index (χ1n) is 10.4. The number of hydrogen-bond donors (Lipinski definition) is 0. The van der Waals surface area contributed by atoms with Crippen LogP contribution in [0.5, 0.6) is 0 Å². The second-order valence-electron chi connectivity index (χ2n) is 7.71. The predicted molar refractivity (Wildman–Crippen MR) is 120 cm³/mol. The zero-order valence-electron chi connectivity index (χ0n) is 17.7. The van der Waals surface area contributed by atoms with Crippen molar-refractivity contribution in [2.24, 2.45) is 5.92 Å². The van der Waals surface area contributed by atoms with Gasteiger partial charge in [0.1, 0.15) is 5.82 Å². The van der Waals surface area contributed by atoms with E-state index in [0.29, 0.717) is 35.5 Å². The van der Waals surface area contributed by atoms with Crippen LogP contribution in [0.4, 0.5) is 13.2 Å². The normalized spacial score (nSPS) is 18.9. The maximum absolute atomic E-state index is 14.9. The fourth-order valence-corrected chi connectivity index (χ4v) is 3.81. The van der Waals surface area contributed by atoms with E-state index in [1.807, 2.05) is 19.1 Å². The van der Waals surface area contributed by atoms with E-state index < -0.39 is 23.7 Å². The smallest absolute Gasteiger partial charge is 0.183 e. The molecule has 1 saturated heterocycles. The summed E-state index contributed by atoms with van der Waals surface area (Å²) in [6.07, 6.45) is 3.30. The van der Waals surface area contributed by atoms with Gasteiger partial charge in [-0.3, -0.25) is 0 Å². The molecule has 0 aliphatic carbocycles. The fraction of sp³-hybridized carbons (Fsp3) is 0.231. The molecule has 6 heteroatoms. The molecule has 0 bridgehead atoms. The van der Waals surface area contributed by atoms with Gasteiger partial charge in [-0.1, -0.05) is 67.0 Å². The molecule has 0 spiro atoms. The molecule has 0 saturated carbocycles. The van der Waals surface area contributed by atoms with Crippen LogP contribution in [0.15, 0.2) is 66.7 Å². The van der Waals surface area contributed by atoms with E-state index >= 15 is 0 Å². The molecule has 3 aromatic carbocycles. The molecule has 3 aromatic rings. The lowest BCUT2D eigenvalue weighted by molar-refractivity contribution is -0.197. The molecule has 0 N–H and O–H groups in total. The summed E-state index contributed by atoms with van der Waals surface area (Å²) in [6.45, 7) is 2.98. The van der Waals surface area contributed by atoms with E-state index in [1.54, 1.807) is 36.4 Å². The Kier molecular flexibility index (Phi) is 6.82. The van der Waals surface area contributed by atoms with Crippen LogP contribution in [0.1, 0.15) is 24.3 Å². The van der Waals surface area contributed by atoms with Crippen molar-refractivity contribution in [1.82, 2.24) is 0 Å². The Morgan fingerprint density at radius 3 is 2.09 bits per heavy atom. The number of benzene rings is 3. The Labute approximate surface area is 187 Å². The van der Waals surface area contributed by atoms with Gasteiger partial charge >= 0.3 is 0 Å². The van der Waals surface area contributed by atoms with E-state index in [-0.39, 0.29) is 23.4 Å². The molecule has 1 aliphatic heterocycles. The monoisotopic (exact) mass is 434 g/mol. The first kappa shape index (κ1) is 22.4. The number of rotatable bonds is 5. The van der Waals surface area contributed by atoms with Crippen molar-refractivity contribution >= 4 is 7.85 Å². The zero-order chi connectivity index (χ0) is 22.7. The minimum Gasteiger partial charge on any atom is -0.348 e. The van der Waals surface area contributed by atoms with E-state index in [9.17, 15) is 13.2 Å². The summed E-state index contributed by atoms with van der Waals surface area (Å²) in [7, 11) is 5.42. The molecule has 0 aromatic heterocycles. The third-order valence-corrected chi connectivity index (χ3v) is 5.54. The van der Waals surface area contributed by atoms with Crippen LogP contribution in [-0.2, 0) is 15.8 Å². The highest BCUT2D eigenvalue weighted by Gasteiger charge is 2.23. The van der Waals surface area contributed by atoms with Gasteiger partial charge in [0.25, 0.3) is 0 Å². The summed E-state index contributed by atoms with van der Waals surface area (Å²) in [5, 5.41) is 0. The Balaban J connectivity index is 1.53. The van der Waals surface area contributed by atoms with Crippen LogP contribution < -0.4 is 0 Å². The van der Waals surface area contributed by atoms with E-state index in [1.165, 1.54) is 18.2 Å². The van der Waals surface area contributed by atoms with Crippen molar-refractivity contribution in [2.45, 2.75) is 19.5 Å². The molecule has 2 nitrogen and oxygen atoms in total. The van der Waals surface area contributed by atoms with Crippen molar-refractivity contribution in [3.63, 3.8) is 0 Å². The van der Waals surface area contributed by atoms with E-state index in [2.05, 4.69) is 0 Å². The Morgan fingerprint density at radius 1 is 0.875 bits per heavy atom. The molecule has 32 heavy (non-hydrogen) atoms. The van der Waals surface area contributed by atoms with Gasteiger partial charge in [0.15, 0.2) is 17.9 Å². The van der Waals surface area contributed by atoms with Crippen molar-refractivity contribution in [3.05, 3.63) is 95.3 Å². The number of halogens is 3. The van der Waals surface area contributed by atoms with Gasteiger partial charge in [0.2, 0.25) is 0 Å².